The van der Waals surface area contributed by atoms with E-state index in [1.54, 1.807) is 42.0 Å². The van der Waals surface area contributed by atoms with E-state index in [-0.39, 0.29) is 5.56 Å². The minimum atomic E-state index is -0.446. The Hall–Kier alpha value is -2.76. The molecule has 0 amide bonds. The second kappa shape index (κ2) is 4.41. The lowest BCUT2D eigenvalue weighted by molar-refractivity contribution is 0.0601. The van der Waals surface area contributed by atoms with E-state index in [0.717, 1.165) is 5.52 Å². The van der Waals surface area contributed by atoms with Crippen LogP contribution in [0.25, 0.3) is 16.6 Å². The van der Waals surface area contributed by atoms with Gasteiger partial charge in [0.05, 0.1) is 37.0 Å². The molecule has 0 aliphatic rings. The summed E-state index contributed by atoms with van der Waals surface area (Å²) < 4.78 is 11.5. The third-order valence-corrected chi connectivity index (χ3v) is 3.19. The van der Waals surface area contributed by atoms with Crippen LogP contribution in [0.15, 0.2) is 35.3 Å². The molecule has 6 nitrogen and oxygen atoms in total. The van der Waals surface area contributed by atoms with Crippen LogP contribution in [0.1, 0.15) is 10.4 Å². The van der Waals surface area contributed by atoms with Gasteiger partial charge in [-0.1, -0.05) is 0 Å². The summed E-state index contributed by atoms with van der Waals surface area (Å²) in [7, 11) is 2.86. The molecule has 0 fully saturated rings. The molecule has 0 aliphatic heterocycles. The maximum atomic E-state index is 12.0. The highest BCUT2D eigenvalue weighted by atomic mass is 16.5. The topological polar surface area (TPSA) is 72.8 Å². The maximum Gasteiger partial charge on any atom is 0.337 e. The number of H-pyrrole nitrogens is 1. The van der Waals surface area contributed by atoms with Crippen molar-refractivity contribution in [1.82, 2.24) is 9.38 Å². The molecule has 0 radical (unpaired) electrons. The number of aromatic amines is 1. The van der Waals surface area contributed by atoms with E-state index < -0.39 is 5.97 Å². The van der Waals surface area contributed by atoms with Crippen LogP contribution >= 0.6 is 0 Å². The minimum Gasteiger partial charge on any atom is -0.495 e. The molecule has 0 aliphatic carbocycles. The summed E-state index contributed by atoms with van der Waals surface area (Å²) in [5.74, 6) is 0.151. The van der Waals surface area contributed by atoms with Crippen molar-refractivity contribution in [2.24, 2.45) is 0 Å². The van der Waals surface area contributed by atoms with Crippen molar-refractivity contribution >= 4 is 22.5 Å². The first-order valence-electron chi connectivity index (χ1n) is 5.94. The highest BCUT2D eigenvalue weighted by Crippen LogP contribution is 2.20. The molecular formula is C14H12N2O4. The highest BCUT2D eigenvalue weighted by Gasteiger charge is 2.11. The lowest BCUT2D eigenvalue weighted by atomic mass is 10.2. The first-order valence-corrected chi connectivity index (χ1v) is 5.94. The maximum absolute atomic E-state index is 12.0. The number of benzene rings is 1. The van der Waals surface area contributed by atoms with Gasteiger partial charge in [0, 0.05) is 6.07 Å². The molecule has 0 bridgehead atoms. The van der Waals surface area contributed by atoms with Crippen molar-refractivity contribution in [3.63, 3.8) is 0 Å². The van der Waals surface area contributed by atoms with Crippen molar-refractivity contribution < 1.29 is 14.3 Å². The van der Waals surface area contributed by atoms with Gasteiger partial charge in [-0.05, 0) is 18.2 Å². The molecule has 3 aromatic rings. The fourth-order valence-electron chi connectivity index (χ4n) is 2.20. The molecule has 0 saturated heterocycles. The average molecular weight is 272 g/mol. The smallest absolute Gasteiger partial charge is 0.337 e. The zero-order valence-corrected chi connectivity index (χ0v) is 11.0. The summed E-state index contributed by atoms with van der Waals surface area (Å²) in [4.78, 5) is 26.3. The molecule has 0 saturated carbocycles. The third-order valence-electron chi connectivity index (χ3n) is 3.19. The van der Waals surface area contributed by atoms with E-state index in [0.29, 0.717) is 22.3 Å². The molecule has 6 heteroatoms. The Bertz CT molecular complexity index is 876. The molecule has 3 rings (SSSR count). The molecule has 1 N–H and O–H groups in total. The number of nitrogens with one attached hydrogen (secondary N) is 1. The quantitative estimate of drug-likeness (QED) is 0.719. The summed E-state index contributed by atoms with van der Waals surface area (Å²) in [5.41, 5.74) is 1.95. The van der Waals surface area contributed by atoms with Crippen molar-refractivity contribution in [2.75, 3.05) is 14.2 Å². The first-order chi connectivity index (χ1) is 9.63. The minimum absolute atomic E-state index is 0.247. The highest BCUT2D eigenvalue weighted by molar-refractivity contribution is 5.94. The lowest BCUT2D eigenvalue weighted by Crippen LogP contribution is -2.10. The second-order valence-electron chi connectivity index (χ2n) is 4.31. The molecular weight excluding hydrogens is 260 g/mol. The number of hydrogen-bond acceptors (Lipinski definition) is 4. The number of esters is 1. The standard InChI is InChI=1S/C14H12N2O4/c1-19-9-6-12-13(17)15-10-5-8(14(18)20-2)3-4-11(10)16(12)7-9/h3-7H,1-2H3,(H,15,17). The van der Waals surface area contributed by atoms with E-state index in [9.17, 15) is 9.59 Å². The van der Waals surface area contributed by atoms with Gasteiger partial charge in [-0.3, -0.25) is 4.79 Å². The predicted molar refractivity (Wildman–Crippen MR) is 73.4 cm³/mol. The van der Waals surface area contributed by atoms with E-state index in [2.05, 4.69) is 9.72 Å². The van der Waals surface area contributed by atoms with Crippen LogP contribution in [0.2, 0.25) is 0 Å². The third kappa shape index (κ3) is 1.73. The Labute approximate surface area is 113 Å². The number of fused-ring (bicyclic) bond motifs is 3. The molecule has 1 aromatic carbocycles. The van der Waals surface area contributed by atoms with Crippen LogP contribution in [0.3, 0.4) is 0 Å². The van der Waals surface area contributed by atoms with Gasteiger partial charge in [-0.2, -0.15) is 0 Å². The van der Waals surface area contributed by atoms with Crippen LogP contribution in [-0.4, -0.2) is 29.6 Å². The summed E-state index contributed by atoms with van der Waals surface area (Å²) in [5, 5.41) is 0. The number of rotatable bonds is 2. The van der Waals surface area contributed by atoms with Gasteiger partial charge in [0.1, 0.15) is 11.3 Å². The van der Waals surface area contributed by atoms with Crippen LogP contribution in [0.5, 0.6) is 5.75 Å². The SMILES string of the molecule is COC(=O)c1ccc2c(c1)[nH]c(=O)c1cc(OC)cn12. The Morgan fingerprint density at radius 2 is 2.00 bits per heavy atom. The monoisotopic (exact) mass is 272 g/mol. The van der Waals surface area contributed by atoms with Crippen molar-refractivity contribution in [1.29, 1.82) is 0 Å². The van der Waals surface area contributed by atoms with Crippen LogP contribution in [0, 0.1) is 0 Å². The Morgan fingerprint density at radius 3 is 2.70 bits per heavy atom. The predicted octanol–water partition coefficient (Wildman–Crippen LogP) is 1.58. The number of ether oxygens (including phenoxy) is 2. The summed E-state index contributed by atoms with van der Waals surface area (Å²) >= 11 is 0. The van der Waals surface area contributed by atoms with Gasteiger partial charge >= 0.3 is 5.97 Å². The van der Waals surface area contributed by atoms with Crippen LogP contribution < -0.4 is 10.3 Å². The molecule has 0 atom stereocenters. The van der Waals surface area contributed by atoms with Crippen molar-refractivity contribution in [3.8, 4) is 5.75 Å². The Balaban J connectivity index is 2.35. The number of methoxy groups -OCH3 is 2. The zero-order valence-electron chi connectivity index (χ0n) is 11.0. The number of carbonyl (C=O) groups is 1. The molecule has 0 spiro atoms. The fourth-order valence-corrected chi connectivity index (χ4v) is 2.20. The number of aromatic nitrogens is 2. The molecule has 2 aromatic heterocycles. The molecule has 102 valence electrons. The zero-order chi connectivity index (χ0) is 14.3. The fraction of sp³-hybridized carbons (Fsp3) is 0.143. The Kier molecular flexibility index (Phi) is 2.71. The largest absolute Gasteiger partial charge is 0.495 e. The number of hydrogen-bond donors (Lipinski definition) is 1. The van der Waals surface area contributed by atoms with Crippen LogP contribution in [-0.2, 0) is 4.74 Å². The summed E-state index contributed by atoms with van der Waals surface area (Å²) in [6.45, 7) is 0. The molecule has 2 heterocycles. The van der Waals surface area contributed by atoms with E-state index in [4.69, 9.17) is 4.74 Å². The van der Waals surface area contributed by atoms with Gasteiger partial charge < -0.3 is 18.9 Å². The van der Waals surface area contributed by atoms with Gasteiger partial charge in [-0.25, -0.2) is 4.79 Å². The average Bonchev–Trinajstić information content (AvgIpc) is 2.91. The van der Waals surface area contributed by atoms with Crippen LogP contribution in [0.4, 0.5) is 0 Å². The summed E-state index contributed by atoms with van der Waals surface area (Å²) in [6, 6.07) is 6.66. The normalized spacial score (nSPS) is 10.9. The Morgan fingerprint density at radius 1 is 1.20 bits per heavy atom. The first kappa shape index (κ1) is 12.3. The number of carbonyl (C=O) groups excluding carboxylic acids is 1. The molecule has 0 unspecified atom stereocenters. The summed E-state index contributed by atoms with van der Waals surface area (Å²) in [6.07, 6.45) is 1.73. The van der Waals surface area contributed by atoms with Gasteiger partial charge in [-0.15, -0.1) is 0 Å². The molecule has 20 heavy (non-hydrogen) atoms. The van der Waals surface area contributed by atoms with E-state index in [1.165, 1.54) is 7.11 Å². The van der Waals surface area contributed by atoms with Crippen molar-refractivity contribution in [3.05, 3.63) is 46.4 Å². The van der Waals surface area contributed by atoms with Gasteiger partial charge in [0.2, 0.25) is 0 Å². The number of nitrogens with zero attached hydrogens (tertiary/aromatic N) is 1. The van der Waals surface area contributed by atoms with Gasteiger partial charge in [0.15, 0.2) is 0 Å². The second-order valence-corrected chi connectivity index (χ2v) is 4.31. The van der Waals surface area contributed by atoms with E-state index in [1.807, 2.05) is 0 Å². The lowest BCUT2D eigenvalue weighted by Gasteiger charge is -2.04. The van der Waals surface area contributed by atoms with Gasteiger partial charge in [0.25, 0.3) is 5.56 Å². The van der Waals surface area contributed by atoms with E-state index >= 15 is 0 Å². The van der Waals surface area contributed by atoms with Crippen molar-refractivity contribution in [2.45, 2.75) is 0 Å².